The van der Waals surface area contributed by atoms with Crippen LogP contribution in [0.3, 0.4) is 0 Å². The van der Waals surface area contributed by atoms with Crippen molar-refractivity contribution in [2.24, 2.45) is 0 Å². The van der Waals surface area contributed by atoms with E-state index in [2.05, 4.69) is 4.98 Å². The van der Waals surface area contributed by atoms with Gasteiger partial charge in [0.25, 0.3) is 5.91 Å². The van der Waals surface area contributed by atoms with Crippen molar-refractivity contribution in [1.82, 2.24) is 9.88 Å². The second kappa shape index (κ2) is 5.89. The normalized spacial score (nSPS) is 17.1. The number of pyridine rings is 1. The van der Waals surface area contributed by atoms with Gasteiger partial charge >= 0.3 is 0 Å². The molecule has 1 aromatic rings. The van der Waals surface area contributed by atoms with Crippen LogP contribution in [0.5, 0.6) is 0 Å². The van der Waals surface area contributed by atoms with Crippen LogP contribution in [-0.4, -0.2) is 28.9 Å². The Morgan fingerprint density at radius 1 is 1.11 bits per heavy atom. The molecule has 0 saturated carbocycles. The molecule has 0 unspecified atom stereocenters. The average molecular weight is 254 g/mol. The van der Waals surface area contributed by atoms with Crippen molar-refractivity contribution in [2.45, 2.75) is 32.1 Å². The number of nitrogens with zero attached hydrogens (tertiary/aromatic N) is 2. The largest absolute Gasteiger partial charge is 0.339 e. The fourth-order valence-corrected chi connectivity index (χ4v) is 2.20. The second-order valence-electron chi connectivity index (χ2n) is 4.52. The average Bonchev–Trinajstić information content (AvgIpc) is 2.31. The molecular formula is C13H16F2N2O. The molecule has 0 atom stereocenters. The van der Waals surface area contributed by atoms with Crippen molar-refractivity contribution < 1.29 is 13.6 Å². The van der Waals surface area contributed by atoms with Gasteiger partial charge in [-0.2, -0.15) is 4.39 Å². The predicted octanol–water partition coefficient (Wildman–Crippen LogP) is 2.77. The van der Waals surface area contributed by atoms with Gasteiger partial charge < -0.3 is 4.90 Å². The van der Waals surface area contributed by atoms with Crippen LogP contribution in [0.1, 0.15) is 42.5 Å². The summed E-state index contributed by atoms with van der Waals surface area (Å²) in [7, 11) is 0. The van der Waals surface area contributed by atoms with Crippen molar-refractivity contribution >= 4 is 5.91 Å². The van der Waals surface area contributed by atoms with Crippen molar-refractivity contribution in [3.05, 3.63) is 29.6 Å². The fraction of sp³-hybridized carbons (Fsp3) is 0.538. The summed E-state index contributed by atoms with van der Waals surface area (Å²) < 4.78 is 26.5. The monoisotopic (exact) mass is 254 g/mol. The third kappa shape index (κ3) is 2.83. The summed E-state index contributed by atoms with van der Waals surface area (Å²) in [5.74, 6) is -2.80. The Morgan fingerprint density at radius 2 is 1.72 bits per heavy atom. The van der Waals surface area contributed by atoms with Crippen LogP contribution in [0.2, 0.25) is 0 Å². The lowest BCUT2D eigenvalue weighted by Gasteiger charge is -2.24. The molecule has 0 N–H and O–H groups in total. The van der Waals surface area contributed by atoms with Crippen molar-refractivity contribution in [1.29, 1.82) is 0 Å². The first kappa shape index (κ1) is 12.9. The maximum absolute atomic E-state index is 13.5. The molecule has 0 aliphatic carbocycles. The van der Waals surface area contributed by atoms with Crippen LogP contribution in [0.4, 0.5) is 8.78 Å². The zero-order valence-electron chi connectivity index (χ0n) is 10.2. The fourth-order valence-electron chi connectivity index (χ4n) is 2.20. The van der Waals surface area contributed by atoms with E-state index in [9.17, 15) is 13.6 Å². The quantitative estimate of drug-likeness (QED) is 0.722. The number of carbonyl (C=O) groups excluding carboxylic acids is 1. The number of halogens is 2. The van der Waals surface area contributed by atoms with Crippen LogP contribution in [0.15, 0.2) is 12.3 Å². The van der Waals surface area contributed by atoms with Crippen molar-refractivity contribution in [3.63, 3.8) is 0 Å². The third-order valence-electron chi connectivity index (χ3n) is 3.22. The Bertz CT molecular complexity index is 429. The molecule has 18 heavy (non-hydrogen) atoms. The van der Waals surface area contributed by atoms with E-state index in [1.54, 1.807) is 4.90 Å². The molecule has 1 fully saturated rings. The van der Waals surface area contributed by atoms with E-state index in [1.165, 1.54) is 12.5 Å². The lowest BCUT2D eigenvalue weighted by molar-refractivity contribution is 0.0736. The molecule has 2 heterocycles. The molecule has 0 bridgehead atoms. The topological polar surface area (TPSA) is 33.2 Å². The molecule has 0 radical (unpaired) electrons. The summed E-state index contributed by atoms with van der Waals surface area (Å²) in [5, 5.41) is 0. The van der Waals surface area contributed by atoms with Crippen LogP contribution in [0, 0.1) is 11.8 Å². The molecule has 1 aliphatic rings. The minimum atomic E-state index is -1.21. The summed E-state index contributed by atoms with van der Waals surface area (Å²) in [5.41, 5.74) is -0.219. The Hall–Kier alpha value is -1.52. The zero-order chi connectivity index (χ0) is 13.0. The number of rotatable bonds is 1. The van der Waals surface area contributed by atoms with E-state index in [-0.39, 0.29) is 5.56 Å². The number of hydrogen-bond acceptors (Lipinski definition) is 2. The summed E-state index contributed by atoms with van der Waals surface area (Å²) in [4.78, 5) is 16.9. The highest BCUT2D eigenvalue weighted by atomic mass is 19.2. The third-order valence-corrected chi connectivity index (χ3v) is 3.22. The first-order valence-electron chi connectivity index (χ1n) is 6.29. The lowest BCUT2D eigenvalue weighted by atomic mass is 10.1. The van der Waals surface area contributed by atoms with Crippen LogP contribution in [0.25, 0.3) is 0 Å². The minimum Gasteiger partial charge on any atom is -0.339 e. The smallest absolute Gasteiger partial charge is 0.257 e. The Morgan fingerprint density at radius 3 is 2.39 bits per heavy atom. The van der Waals surface area contributed by atoms with Gasteiger partial charge in [-0.25, -0.2) is 9.37 Å². The molecule has 1 aromatic heterocycles. The number of likely N-dealkylation sites (tertiary alicyclic amines) is 1. The highest BCUT2D eigenvalue weighted by Crippen LogP contribution is 2.16. The number of carbonyl (C=O) groups is 1. The molecular weight excluding hydrogens is 238 g/mol. The van der Waals surface area contributed by atoms with Crippen molar-refractivity contribution in [2.75, 3.05) is 13.1 Å². The zero-order valence-corrected chi connectivity index (χ0v) is 10.2. The van der Waals surface area contributed by atoms with Crippen LogP contribution >= 0.6 is 0 Å². The lowest BCUT2D eigenvalue weighted by Crippen LogP contribution is -2.34. The van der Waals surface area contributed by atoms with E-state index in [1.807, 2.05) is 0 Å². The van der Waals surface area contributed by atoms with Gasteiger partial charge in [0.05, 0.1) is 5.56 Å². The molecule has 98 valence electrons. The van der Waals surface area contributed by atoms with E-state index in [0.29, 0.717) is 13.1 Å². The van der Waals surface area contributed by atoms with Crippen LogP contribution < -0.4 is 0 Å². The molecule has 0 spiro atoms. The Balaban J connectivity index is 2.16. The van der Waals surface area contributed by atoms with Gasteiger partial charge in [-0.3, -0.25) is 4.79 Å². The molecule has 1 saturated heterocycles. The maximum atomic E-state index is 13.5. The summed E-state index contributed by atoms with van der Waals surface area (Å²) in [6, 6.07) is 1.24. The van der Waals surface area contributed by atoms with Gasteiger partial charge in [0.15, 0.2) is 5.82 Å². The summed E-state index contributed by atoms with van der Waals surface area (Å²) in [6.07, 6.45) is 6.30. The first-order valence-corrected chi connectivity index (χ1v) is 6.29. The number of aromatic nitrogens is 1. The maximum Gasteiger partial charge on any atom is 0.257 e. The van der Waals surface area contributed by atoms with E-state index >= 15 is 0 Å². The van der Waals surface area contributed by atoms with E-state index in [0.717, 1.165) is 31.9 Å². The Kier molecular flexibility index (Phi) is 4.23. The van der Waals surface area contributed by atoms with E-state index < -0.39 is 17.7 Å². The first-order chi connectivity index (χ1) is 8.70. The minimum absolute atomic E-state index is 0.219. The van der Waals surface area contributed by atoms with Gasteiger partial charge in [-0.15, -0.1) is 0 Å². The Labute approximate surface area is 105 Å². The molecule has 5 heteroatoms. The highest BCUT2D eigenvalue weighted by molar-refractivity contribution is 5.94. The molecule has 1 aliphatic heterocycles. The molecule has 1 amide bonds. The molecule has 0 aromatic carbocycles. The predicted molar refractivity (Wildman–Crippen MR) is 63.1 cm³/mol. The van der Waals surface area contributed by atoms with Gasteiger partial charge in [0.1, 0.15) is 0 Å². The molecule has 3 nitrogen and oxygen atoms in total. The van der Waals surface area contributed by atoms with Crippen molar-refractivity contribution in [3.8, 4) is 0 Å². The van der Waals surface area contributed by atoms with Gasteiger partial charge in [0.2, 0.25) is 5.95 Å². The summed E-state index contributed by atoms with van der Waals surface area (Å²) in [6.45, 7) is 1.23. The van der Waals surface area contributed by atoms with E-state index in [4.69, 9.17) is 0 Å². The SMILES string of the molecule is O=C(c1ccnc(F)c1F)N1CCCCCCC1. The molecule has 2 rings (SSSR count). The van der Waals surface area contributed by atoms with Gasteiger partial charge in [-0.05, 0) is 18.9 Å². The second-order valence-corrected chi connectivity index (χ2v) is 4.52. The number of hydrogen-bond donors (Lipinski definition) is 0. The summed E-state index contributed by atoms with van der Waals surface area (Å²) >= 11 is 0. The number of amides is 1. The highest BCUT2D eigenvalue weighted by Gasteiger charge is 2.21. The van der Waals surface area contributed by atoms with Crippen LogP contribution in [-0.2, 0) is 0 Å². The van der Waals surface area contributed by atoms with Gasteiger partial charge in [-0.1, -0.05) is 19.3 Å². The standard InChI is InChI=1S/C13H16F2N2O/c14-11-10(6-7-16-12(11)15)13(18)17-8-4-2-1-3-5-9-17/h6-7H,1-5,8-9H2. The van der Waals surface area contributed by atoms with Gasteiger partial charge in [0, 0.05) is 19.3 Å².